The molecule has 5 heteroatoms. The van der Waals surface area contributed by atoms with Gasteiger partial charge in [-0.1, -0.05) is 0 Å². The molecule has 1 aromatic rings. The first-order valence-electron chi connectivity index (χ1n) is 4.50. The Kier molecular flexibility index (Phi) is 4.29. The molecule has 0 aliphatic carbocycles. The lowest BCUT2D eigenvalue weighted by Gasteiger charge is -2.20. The average Bonchev–Trinajstić information content (AvgIpc) is 2.53. The highest BCUT2D eigenvalue weighted by atomic mass is 35.5. The fraction of sp³-hybridized carbons (Fsp3) is 0.778. The molecule has 0 N–H and O–H groups in total. The maximum Gasteiger partial charge on any atom is 0.120 e. The monoisotopic (exact) mass is 234 g/mol. The van der Waals surface area contributed by atoms with Crippen molar-refractivity contribution in [1.82, 2.24) is 10.2 Å². The van der Waals surface area contributed by atoms with Crippen LogP contribution < -0.4 is 0 Å². The van der Waals surface area contributed by atoms with Crippen LogP contribution >= 0.6 is 22.9 Å². The molecule has 0 spiro atoms. The Hall–Kier alpha value is -0.190. The first kappa shape index (κ1) is 11.9. The highest BCUT2D eigenvalue weighted by Crippen LogP contribution is 2.19. The molecule has 0 fully saturated rings. The van der Waals surface area contributed by atoms with Gasteiger partial charge in [-0.3, -0.25) is 0 Å². The Morgan fingerprint density at radius 2 is 2.00 bits per heavy atom. The van der Waals surface area contributed by atoms with Crippen molar-refractivity contribution in [2.24, 2.45) is 0 Å². The minimum Gasteiger partial charge on any atom is -0.378 e. The predicted octanol–water partition coefficient (Wildman–Crippen LogP) is 2.29. The molecular weight excluding hydrogens is 220 g/mol. The number of alkyl halides is 1. The second kappa shape index (κ2) is 5.05. The summed E-state index contributed by atoms with van der Waals surface area (Å²) in [4.78, 5) is 0. The number of ether oxygens (including phenoxy) is 1. The molecule has 0 bridgehead atoms. The van der Waals surface area contributed by atoms with E-state index in [0.717, 1.165) is 22.9 Å². The van der Waals surface area contributed by atoms with E-state index >= 15 is 0 Å². The minimum absolute atomic E-state index is 0.169. The number of hydrogen-bond donors (Lipinski definition) is 0. The van der Waals surface area contributed by atoms with Gasteiger partial charge in [0.25, 0.3) is 0 Å². The largest absolute Gasteiger partial charge is 0.378 e. The molecular formula is C9H15ClN2OS. The second-order valence-corrected chi connectivity index (χ2v) is 5.19. The summed E-state index contributed by atoms with van der Waals surface area (Å²) in [5.74, 6) is 0.600. The highest BCUT2D eigenvalue weighted by Gasteiger charge is 2.19. The third kappa shape index (κ3) is 3.52. The zero-order valence-corrected chi connectivity index (χ0v) is 10.3. The first-order chi connectivity index (χ1) is 6.57. The molecule has 0 aliphatic rings. The summed E-state index contributed by atoms with van der Waals surface area (Å²) >= 11 is 7.23. The van der Waals surface area contributed by atoms with Crippen molar-refractivity contribution in [3.8, 4) is 0 Å². The summed E-state index contributed by atoms with van der Waals surface area (Å²) < 4.78 is 5.32. The topological polar surface area (TPSA) is 35.0 Å². The van der Waals surface area contributed by atoms with Crippen molar-refractivity contribution in [3.63, 3.8) is 0 Å². The molecule has 0 saturated heterocycles. The Balaban J connectivity index is 2.59. The fourth-order valence-corrected chi connectivity index (χ4v) is 2.33. The van der Waals surface area contributed by atoms with E-state index < -0.39 is 0 Å². The molecule has 1 aromatic heterocycles. The molecule has 0 radical (unpaired) electrons. The molecule has 0 atom stereocenters. The average molecular weight is 235 g/mol. The van der Waals surface area contributed by atoms with E-state index in [1.165, 1.54) is 0 Å². The molecule has 1 rings (SSSR count). The van der Waals surface area contributed by atoms with Gasteiger partial charge in [-0.2, -0.15) is 0 Å². The van der Waals surface area contributed by atoms with Gasteiger partial charge in [-0.05, 0) is 13.8 Å². The summed E-state index contributed by atoms with van der Waals surface area (Å²) in [5, 5.41) is 10.2. The van der Waals surface area contributed by atoms with Gasteiger partial charge in [0.05, 0.1) is 5.60 Å². The fourth-order valence-electron chi connectivity index (χ4n) is 0.978. The zero-order chi connectivity index (χ0) is 10.6. The molecule has 0 aromatic carbocycles. The Morgan fingerprint density at radius 1 is 1.36 bits per heavy atom. The van der Waals surface area contributed by atoms with Crippen LogP contribution in [0, 0.1) is 0 Å². The van der Waals surface area contributed by atoms with Gasteiger partial charge < -0.3 is 4.74 Å². The quantitative estimate of drug-likeness (QED) is 0.734. The molecule has 0 unspecified atom stereocenters. The number of methoxy groups -OCH3 is 1. The third-order valence-electron chi connectivity index (χ3n) is 1.95. The van der Waals surface area contributed by atoms with Crippen LogP contribution in [0.25, 0.3) is 0 Å². The number of nitrogens with zero attached hydrogens (tertiary/aromatic N) is 2. The molecule has 0 aliphatic heterocycles. The van der Waals surface area contributed by atoms with Crippen LogP contribution in [-0.2, 0) is 17.6 Å². The number of aromatic nitrogens is 2. The molecule has 0 amide bonds. The van der Waals surface area contributed by atoms with Crippen molar-refractivity contribution < 1.29 is 4.74 Å². The Bertz CT molecular complexity index is 288. The van der Waals surface area contributed by atoms with Crippen LogP contribution in [0.15, 0.2) is 0 Å². The maximum atomic E-state index is 5.62. The van der Waals surface area contributed by atoms with Gasteiger partial charge in [-0.15, -0.1) is 33.1 Å². The van der Waals surface area contributed by atoms with Crippen molar-refractivity contribution in [3.05, 3.63) is 10.0 Å². The Labute approximate surface area is 93.5 Å². The van der Waals surface area contributed by atoms with E-state index in [-0.39, 0.29) is 5.60 Å². The predicted molar refractivity (Wildman–Crippen MR) is 59.1 cm³/mol. The minimum atomic E-state index is -0.169. The SMILES string of the molecule is COC(C)(C)Cc1nnc(CCCl)s1. The highest BCUT2D eigenvalue weighted by molar-refractivity contribution is 7.11. The number of aryl methyl sites for hydroxylation is 1. The number of halogens is 1. The van der Waals surface area contributed by atoms with Gasteiger partial charge in [0.2, 0.25) is 0 Å². The van der Waals surface area contributed by atoms with Crippen LogP contribution in [0.1, 0.15) is 23.9 Å². The lowest BCUT2D eigenvalue weighted by molar-refractivity contribution is 0.0230. The summed E-state index contributed by atoms with van der Waals surface area (Å²) in [6.07, 6.45) is 1.59. The van der Waals surface area contributed by atoms with Gasteiger partial charge in [0.15, 0.2) is 0 Å². The van der Waals surface area contributed by atoms with Crippen molar-refractivity contribution in [2.75, 3.05) is 13.0 Å². The first-order valence-corrected chi connectivity index (χ1v) is 5.85. The number of rotatable bonds is 5. The molecule has 14 heavy (non-hydrogen) atoms. The van der Waals surface area contributed by atoms with Gasteiger partial charge in [-0.25, -0.2) is 0 Å². The second-order valence-electron chi connectivity index (χ2n) is 3.67. The van der Waals surface area contributed by atoms with Crippen molar-refractivity contribution in [1.29, 1.82) is 0 Å². The molecule has 80 valence electrons. The lowest BCUT2D eigenvalue weighted by atomic mass is 10.1. The van der Waals surface area contributed by atoms with Crippen LogP contribution in [0.5, 0.6) is 0 Å². The summed E-state index contributed by atoms with van der Waals surface area (Å²) in [7, 11) is 1.71. The van der Waals surface area contributed by atoms with E-state index in [1.54, 1.807) is 18.4 Å². The summed E-state index contributed by atoms with van der Waals surface area (Å²) in [6, 6.07) is 0. The van der Waals surface area contributed by atoms with Crippen LogP contribution in [0.2, 0.25) is 0 Å². The number of hydrogen-bond acceptors (Lipinski definition) is 4. The summed E-state index contributed by atoms with van der Waals surface area (Å²) in [5.41, 5.74) is -0.169. The van der Waals surface area contributed by atoms with Gasteiger partial charge in [0, 0.05) is 25.8 Å². The summed E-state index contributed by atoms with van der Waals surface area (Å²) in [6.45, 7) is 4.07. The standard InChI is InChI=1S/C9H15ClN2OS/c1-9(2,13-3)6-8-12-11-7(14-8)4-5-10/h4-6H2,1-3H3. The van der Waals surface area contributed by atoms with Gasteiger partial charge in [0.1, 0.15) is 10.0 Å². The third-order valence-corrected chi connectivity index (χ3v) is 3.12. The van der Waals surface area contributed by atoms with E-state index in [0.29, 0.717) is 5.88 Å². The maximum absolute atomic E-state index is 5.62. The Morgan fingerprint density at radius 3 is 2.57 bits per heavy atom. The molecule has 1 heterocycles. The van der Waals surface area contributed by atoms with E-state index in [1.807, 2.05) is 13.8 Å². The van der Waals surface area contributed by atoms with Crippen LogP contribution in [0.4, 0.5) is 0 Å². The molecule has 0 saturated carbocycles. The van der Waals surface area contributed by atoms with Crippen LogP contribution in [-0.4, -0.2) is 28.8 Å². The van der Waals surface area contributed by atoms with E-state index in [4.69, 9.17) is 16.3 Å². The normalized spacial score (nSPS) is 12.0. The smallest absolute Gasteiger partial charge is 0.120 e. The lowest BCUT2D eigenvalue weighted by Crippen LogP contribution is -2.25. The van der Waals surface area contributed by atoms with Crippen molar-refractivity contribution in [2.45, 2.75) is 32.3 Å². The van der Waals surface area contributed by atoms with E-state index in [2.05, 4.69) is 10.2 Å². The zero-order valence-electron chi connectivity index (χ0n) is 8.71. The molecule has 3 nitrogen and oxygen atoms in total. The van der Waals surface area contributed by atoms with Gasteiger partial charge >= 0.3 is 0 Å². The van der Waals surface area contributed by atoms with Crippen molar-refractivity contribution >= 4 is 22.9 Å². The van der Waals surface area contributed by atoms with E-state index in [9.17, 15) is 0 Å². The van der Waals surface area contributed by atoms with Crippen LogP contribution in [0.3, 0.4) is 0 Å².